The maximum absolute atomic E-state index is 12.1. The number of carbonyl (C=O) groups is 1. The number of hydrogen-bond donors (Lipinski definition) is 1. The van der Waals surface area contributed by atoms with Gasteiger partial charge in [-0.2, -0.15) is 0 Å². The predicted molar refractivity (Wildman–Crippen MR) is 92.4 cm³/mol. The van der Waals surface area contributed by atoms with Gasteiger partial charge in [-0.25, -0.2) is 4.79 Å². The van der Waals surface area contributed by atoms with Crippen LogP contribution in [0.4, 0.5) is 4.79 Å². The van der Waals surface area contributed by atoms with Gasteiger partial charge in [0, 0.05) is 32.7 Å². The number of phenolic OH excluding ortho intramolecular Hbond substituents is 1. The molecule has 1 aromatic carbocycles. The second-order valence-electron chi connectivity index (χ2n) is 6.98. The van der Waals surface area contributed by atoms with Gasteiger partial charge in [0.1, 0.15) is 5.60 Å². The number of ether oxygens (including phenoxy) is 2. The standard InChI is InChI=1S/C18H28N2O4/c1-5-23-16-12-14(6-7-15(16)21)13-19-8-10-20(11-9-19)17(22)24-18(2,3)4/h6-7,12,21H,5,8-11,13H2,1-4H3. The SMILES string of the molecule is CCOc1cc(CN2CCN(C(=O)OC(C)(C)C)CC2)ccc1O. The first-order valence-corrected chi connectivity index (χ1v) is 8.43. The summed E-state index contributed by atoms with van der Waals surface area (Å²) in [4.78, 5) is 16.1. The topological polar surface area (TPSA) is 62.2 Å². The first kappa shape index (κ1) is 18.4. The highest BCUT2D eigenvalue weighted by atomic mass is 16.6. The second kappa shape index (κ2) is 7.75. The van der Waals surface area contributed by atoms with E-state index >= 15 is 0 Å². The summed E-state index contributed by atoms with van der Waals surface area (Å²) < 4.78 is 10.8. The van der Waals surface area contributed by atoms with Crippen LogP contribution in [0.3, 0.4) is 0 Å². The number of rotatable bonds is 4. The van der Waals surface area contributed by atoms with Crippen molar-refractivity contribution in [3.63, 3.8) is 0 Å². The zero-order valence-electron chi connectivity index (χ0n) is 15.0. The van der Waals surface area contributed by atoms with Crippen LogP contribution in [0.25, 0.3) is 0 Å². The lowest BCUT2D eigenvalue weighted by Crippen LogP contribution is -2.49. The van der Waals surface area contributed by atoms with Gasteiger partial charge in [0.15, 0.2) is 11.5 Å². The van der Waals surface area contributed by atoms with E-state index in [-0.39, 0.29) is 11.8 Å². The largest absolute Gasteiger partial charge is 0.504 e. The Bertz CT molecular complexity index is 561. The molecule has 6 heteroatoms. The van der Waals surface area contributed by atoms with Crippen LogP contribution in [0.1, 0.15) is 33.3 Å². The molecule has 0 saturated carbocycles. The molecule has 1 saturated heterocycles. The Morgan fingerprint density at radius 1 is 1.21 bits per heavy atom. The Kier molecular flexibility index (Phi) is 5.94. The molecule has 1 fully saturated rings. The number of carbonyl (C=O) groups excluding carboxylic acids is 1. The summed E-state index contributed by atoms with van der Waals surface area (Å²) >= 11 is 0. The van der Waals surface area contributed by atoms with Crippen molar-refractivity contribution < 1.29 is 19.4 Å². The Balaban J connectivity index is 1.87. The van der Waals surface area contributed by atoms with E-state index in [4.69, 9.17) is 9.47 Å². The van der Waals surface area contributed by atoms with E-state index in [1.54, 1.807) is 11.0 Å². The molecule has 0 bridgehead atoms. The van der Waals surface area contributed by atoms with Crippen LogP contribution in [0.2, 0.25) is 0 Å². The molecule has 1 heterocycles. The fourth-order valence-electron chi connectivity index (χ4n) is 2.60. The Morgan fingerprint density at radius 3 is 2.46 bits per heavy atom. The average molecular weight is 336 g/mol. The number of nitrogens with zero attached hydrogens (tertiary/aromatic N) is 2. The highest BCUT2D eigenvalue weighted by Gasteiger charge is 2.25. The zero-order chi connectivity index (χ0) is 17.7. The third-order valence-electron chi connectivity index (χ3n) is 3.75. The van der Waals surface area contributed by atoms with E-state index in [1.165, 1.54) is 0 Å². The van der Waals surface area contributed by atoms with E-state index in [0.29, 0.717) is 25.4 Å². The molecular weight excluding hydrogens is 308 g/mol. The number of phenols is 1. The highest BCUT2D eigenvalue weighted by molar-refractivity contribution is 5.68. The number of benzene rings is 1. The molecule has 1 amide bonds. The van der Waals surface area contributed by atoms with Gasteiger partial charge in [0.2, 0.25) is 0 Å². The monoisotopic (exact) mass is 336 g/mol. The molecule has 0 unspecified atom stereocenters. The van der Waals surface area contributed by atoms with E-state index in [9.17, 15) is 9.90 Å². The van der Waals surface area contributed by atoms with Crippen LogP contribution < -0.4 is 4.74 Å². The number of hydrogen-bond acceptors (Lipinski definition) is 5. The molecule has 24 heavy (non-hydrogen) atoms. The Labute approximate surface area is 144 Å². The lowest BCUT2D eigenvalue weighted by molar-refractivity contribution is 0.0139. The number of amides is 1. The van der Waals surface area contributed by atoms with E-state index in [2.05, 4.69) is 4.90 Å². The van der Waals surface area contributed by atoms with E-state index in [0.717, 1.165) is 25.2 Å². The summed E-state index contributed by atoms with van der Waals surface area (Å²) in [6, 6.07) is 5.44. The minimum absolute atomic E-state index is 0.162. The third-order valence-corrected chi connectivity index (χ3v) is 3.75. The summed E-state index contributed by atoms with van der Waals surface area (Å²) in [5.41, 5.74) is 0.623. The quantitative estimate of drug-likeness (QED) is 0.916. The van der Waals surface area contributed by atoms with Crippen LogP contribution in [-0.4, -0.2) is 59.4 Å². The molecule has 1 aliphatic heterocycles. The number of piperazine rings is 1. The summed E-state index contributed by atoms with van der Waals surface area (Å²) in [5, 5.41) is 9.76. The molecular formula is C18H28N2O4. The summed E-state index contributed by atoms with van der Waals surface area (Å²) in [7, 11) is 0. The summed E-state index contributed by atoms with van der Waals surface area (Å²) in [6.45, 7) is 11.7. The molecule has 1 aliphatic rings. The smallest absolute Gasteiger partial charge is 0.410 e. The normalized spacial score (nSPS) is 16.1. The number of aromatic hydroxyl groups is 1. The Hall–Kier alpha value is -1.95. The molecule has 0 radical (unpaired) electrons. The molecule has 1 aromatic rings. The average Bonchev–Trinajstić information content (AvgIpc) is 2.50. The van der Waals surface area contributed by atoms with Gasteiger partial charge in [-0.1, -0.05) is 6.07 Å². The zero-order valence-corrected chi connectivity index (χ0v) is 15.0. The predicted octanol–water partition coefficient (Wildman–Crippen LogP) is 2.84. The fourth-order valence-corrected chi connectivity index (χ4v) is 2.60. The molecule has 0 aliphatic carbocycles. The molecule has 1 N–H and O–H groups in total. The van der Waals surface area contributed by atoms with Crippen molar-refractivity contribution in [2.24, 2.45) is 0 Å². The van der Waals surface area contributed by atoms with Gasteiger partial charge in [-0.15, -0.1) is 0 Å². The van der Waals surface area contributed by atoms with Crippen LogP contribution in [0.5, 0.6) is 11.5 Å². The van der Waals surface area contributed by atoms with E-state index in [1.807, 2.05) is 39.8 Å². The first-order valence-electron chi connectivity index (χ1n) is 8.43. The minimum Gasteiger partial charge on any atom is -0.504 e. The molecule has 2 rings (SSSR count). The molecule has 134 valence electrons. The van der Waals surface area contributed by atoms with Gasteiger partial charge < -0.3 is 19.5 Å². The third kappa shape index (κ3) is 5.30. The minimum atomic E-state index is -0.462. The van der Waals surface area contributed by atoms with Crippen molar-refractivity contribution in [3.05, 3.63) is 23.8 Å². The second-order valence-corrected chi connectivity index (χ2v) is 6.98. The van der Waals surface area contributed by atoms with Crippen molar-refractivity contribution in [1.29, 1.82) is 0 Å². The van der Waals surface area contributed by atoms with Gasteiger partial charge >= 0.3 is 6.09 Å². The highest BCUT2D eigenvalue weighted by Crippen LogP contribution is 2.27. The van der Waals surface area contributed by atoms with Crippen molar-refractivity contribution in [3.8, 4) is 11.5 Å². The molecule has 0 aromatic heterocycles. The van der Waals surface area contributed by atoms with Crippen molar-refractivity contribution in [1.82, 2.24) is 9.80 Å². The maximum atomic E-state index is 12.1. The van der Waals surface area contributed by atoms with Gasteiger partial charge in [0.05, 0.1) is 6.61 Å². The summed E-state index contributed by atoms with van der Waals surface area (Å²) in [5.74, 6) is 0.678. The van der Waals surface area contributed by atoms with Crippen LogP contribution >= 0.6 is 0 Å². The maximum Gasteiger partial charge on any atom is 0.410 e. The van der Waals surface area contributed by atoms with Crippen molar-refractivity contribution in [2.45, 2.75) is 39.8 Å². The van der Waals surface area contributed by atoms with Crippen molar-refractivity contribution in [2.75, 3.05) is 32.8 Å². The van der Waals surface area contributed by atoms with Gasteiger partial charge in [0.25, 0.3) is 0 Å². The first-order chi connectivity index (χ1) is 11.3. The fraction of sp³-hybridized carbons (Fsp3) is 0.611. The van der Waals surface area contributed by atoms with Crippen LogP contribution in [0.15, 0.2) is 18.2 Å². The molecule has 0 atom stereocenters. The Morgan fingerprint density at radius 2 is 1.88 bits per heavy atom. The van der Waals surface area contributed by atoms with E-state index < -0.39 is 5.60 Å². The lowest BCUT2D eigenvalue weighted by Gasteiger charge is -2.35. The van der Waals surface area contributed by atoms with Crippen molar-refractivity contribution >= 4 is 6.09 Å². The van der Waals surface area contributed by atoms with Gasteiger partial charge in [-0.3, -0.25) is 4.90 Å². The molecule has 6 nitrogen and oxygen atoms in total. The van der Waals surface area contributed by atoms with Gasteiger partial charge in [-0.05, 0) is 45.4 Å². The van der Waals surface area contributed by atoms with Crippen LogP contribution in [-0.2, 0) is 11.3 Å². The molecule has 0 spiro atoms. The van der Waals surface area contributed by atoms with Crippen LogP contribution in [0, 0.1) is 0 Å². The summed E-state index contributed by atoms with van der Waals surface area (Å²) in [6.07, 6.45) is -0.245. The lowest BCUT2D eigenvalue weighted by atomic mass is 10.1.